The topological polar surface area (TPSA) is 66.8 Å². The van der Waals surface area contributed by atoms with Gasteiger partial charge < -0.3 is 0 Å². The van der Waals surface area contributed by atoms with Crippen LogP contribution in [0.15, 0.2) is 0 Å². The Hall–Kier alpha value is 0.120. The SMILES string of the molecule is C[C@@H]1CCC2[C@](C)(CO)[I-]CC[C@@]2(C)[C@@H]1CC[C@H]1C(=O)OC[C@H]1O. The summed E-state index contributed by atoms with van der Waals surface area (Å²) >= 11 is 0.0549. The molecule has 0 radical (unpaired) electrons. The molecule has 140 valence electrons. The quantitative estimate of drug-likeness (QED) is 0.334. The zero-order chi connectivity index (χ0) is 17.5. The molecule has 0 aromatic heterocycles. The van der Waals surface area contributed by atoms with Crippen LogP contribution in [-0.4, -0.2) is 43.3 Å². The van der Waals surface area contributed by atoms with Crippen molar-refractivity contribution in [1.29, 1.82) is 0 Å². The van der Waals surface area contributed by atoms with Crippen molar-refractivity contribution in [2.24, 2.45) is 29.1 Å². The Balaban J connectivity index is 1.76. The number of carbonyl (C=O) groups is 1. The van der Waals surface area contributed by atoms with Crippen LogP contribution in [0.25, 0.3) is 0 Å². The van der Waals surface area contributed by atoms with E-state index in [1.54, 1.807) is 0 Å². The summed E-state index contributed by atoms with van der Waals surface area (Å²) in [6.07, 6.45) is 4.83. The number of aliphatic hydroxyl groups is 2. The maximum atomic E-state index is 11.8. The van der Waals surface area contributed by atoms with Crippen LogP contribution in [0.3, 0.4) is 0 Å². The molecular formula is C19H32IO4-. The van der Waals surface area contributed by atoms with Crippen molar-refractivity contribution in [1.82, 2.24) is 0 Å². The zero-order valence-corrected chi connectivity index (χ0v) is 17.3. The van der Waals surface area contributed by atoms with Crippen LogP contribution < -0.4 is 21.2 Å². The molecule has 1 aliphatic carbocycles. The summed E-state index contributed by atoms with van der Waals surface area (Å²) < 4.78 is 6.45. The third-order valence-corrected chi connectivity index (χ3v) is 11.2. The second kappa shape index (κ2) is 7.03. The third-order valence-electron chi connectivity index (χ3n) is 7.26. The number of aliphatic hydroxyl groups excluding tert-OH is 2. The molecule has 2 N–H and O–H groups in total. The molecule has 1 saturated carbocycles. The van der Waals surface area contributed by atoms with E-state index in [2.05, 4.69) is 20.8 Å². The Labute approximate surface area is 156 Å². The molecule has 2 aliphatic heterocycles. The molecule has 24 heavy (non-hydrogen) atoms. The van der Waals surface area contributed by atoms with Crippen LogP contribution in [0.4, 0.5) is 0 Å². The van der Waals surface area contributed by atoms with Gasteiger partial charge in [-0.2, -0.15) is 0 Å². The first-order valence-electron chi connectivity index (χ1n) is 9.37. The van der Waals surface area contributed by atoms with E-state index in [9.17, 15) is 15.0 Å². The summed E-state index contributed by atoms with van der Waals surface area (Å²) in [5.41, 5.74) is 0.264. The van der Waals surface area contributed by atoms with Gasteiger partial charge >= 0.3 is 156 Å². The fraction of sp³-hybridized carbons (Fsp3) is 0.947. The Morgan fingerprint density at radius 3 is 2.67 bits per heavy atom. The van der Waals surface area contributed by atoms with Gasteiger partial charge in [-0.1, -0.05) is 0 Å². The summed E-state index contributed by atoms with van der Waals surface area (Å²) in [6.45, 7) is 7.60. The molecule has 0 bridgehead atoms. The van der Waals surface area contributed by atoms with E-state index >= 15 is 0 Å². The van der Waals surface area contributed by atoms with Crippen molar-refractivity contribution in [2.45, 2.75) is 62.4 Å². The molecule has 1 unspecified atom stereocenters. The predicted molar refractivity (Wildman–Crippen MR) is 88.1 cm³/mol. The van der Waals surface area contributed by atoms with Crippen LogP contribution in [0.2, 0.25) is 0 Å². The molecule has 0 aromatic rings. The first-order chi connectivity index (χ1) is 11.3. The minimum atomic E-state index is -0.625. The second-order valence-corrected chi connectivity index (χ2v) is 12.9. The summed E-state index contributed by atoms with van der Waals surface area (Å²) in [4.78, 5) is 11.8. The van der Waals surface area contributed by atoms with E-state index in [1.807, 2.05) is 0 Å². The van der Waals surface area contributed by atoms with E-state index in [0.717, 1.165) is 12.8 Å². The van der Waals surface area contributed by atoms with Crippen molar-refractivity contribution in [3.8, 4) is 0 Å². The number of halogens is 1. The van der Waals surface area contributed by atoms with E-state index in [4.69, 9.17) is 4.74 Å². The average Bonchev–Trinajstić information content (AvgIpc) is 2.85. The molecule has 0 amide bonds. The summed E-state index contributed by atoms with van der Waals surface area (Å²) in [5, 5.41) is 20.1. The molecule has 3 aliphatic rings. The van der Waals surface area contributed by atoms with Crippen molar-refractivity contribution in [3.63, 3.8) is 0 Å². The molecule has 2 saturated heterocycles. The molecule has 0 aromatic carbocycles. The van der Waals surface area contributed by atoms with Gasteiger partial charge in [-0.05, 0) is 0 Å². The van der Waals surface area contributed by atoms with Crippen LogP contribution in [-0.2, 0) is 9.53 Å². The average molecular weight is 451 g/mol. The second-order valence-electron chi connectivity index (χ2n) is 8.61. The molecule has 3 fully saturated rings. The van der Waals surface area contributed by atoms with E-state index in [1.165, 1.54) is 23.7 Å². The molecule has 7 atom stereocenters. The fourth-order valence-corrected chi connectivity index (χ4v) is 10.2. The number of hydrogen-bond donors (Lipinski definition) is 2. The molecule has 0 spiro atoms. The van der Waals surface area contributed by atoms with Crippen molar-refractivity contribution in [2.75, 3.05) is 17.6 Å². The van der Waals surface area contributed by atoms with Crippen LogP contribution in [0.1, 0.15) is 52.9 Å². The number of cyclic esters (lactones) is 1. The zero-order valence-electron chi connectivity index (χ0n) is 15.1. The first kappa shape index (κ1) is 18.9. The molecule has 5 heteroatoms. The molecule has 3 rings (SSSR count). The number of fused-ring (bicyclic) bond motifs is 1. The number of rotatable bonds is 4. The van der Waals surface area contributed by atoms with Gasteiger partial charge in [0.1, 0.15) is 0 Å². The Morgan fingerprint density at radius 1 is 1.29 bits per heavy atom. The number of hydrogen-bond acceptors (Lipinski definition) is 4. The van der Waals surface area contributed by atoms with Gasteiger partial charge in [0, 0.05) is 0 Å². The maximum absolute atomic E-state index is 11.8. The van der Waals surface area contributed by atoms with Crippen molar-refractivity contribution < 1.29 is 40.9 Å². The Morgan fingerprint density at radius 2 is 2.04 bits per heavy atom. The molecular weight excluding hydrogens is 419 g/mol. The number of ether oxygens (including phenoxy) is 1. The number of esters is 1. The van der Waals surface area contributed by atoms with E-state index in [-0.39, 0.29) is 48.5 Å². The first-order valence-corrected chi connectivity index (χ1v) is 12.0. The molecule has 4 nitrogen and oxygen atoms in total. The third kappa shape index (κ3) is 3.13. The van der Waals surface area contributed by atoms with Gasteiger partial charge in [0.25, 0.3) is 0 Å². The van der Waals surface area contributed by atoms with Crippen molar-refractivity contribution in [3.05, 3.63) is 0 Å². The van der Waals surface area contributed by atoms with Crippen LogP contribution >= 0.6 is 0 Å². The predicted octanol–water partition coefficient (Wildman–Crippen LogP) is -0.787. The number of alkyl halides is 2. The molecule has 2 heterocycles. The van der Waals surface area contributed by atoms with Gasteiger partial charge in [0.2, 0.25) is 0 Å². The van der Waals surface area contributed by atoms with Gasteiger partial charge in [-0.3, -0.25) is 0 Å². The standard InChI is InChI=1S/C19H32IO4/c1-12-4-7-16-18(2,8-9-20-19(16,3)11-21)14(12)6-5-13-15(22)10-24-17(13)23/h12-16,21-22H,4-11H2,1-3H3/q-1/t12-,13-,14-,15-,16?,18+,19+/m1/s1. The minimum absolute atomic E-state index is 0.0549. The van der Waals surface area contributed by atoms with Crippen molar-refractivity contribution >= 4 is 5.97 Å². The summed E-state index contributed by atoms with van der Waals surface area (Å²) in [6, 6.07) is 0. The van der Waals surface area contributed by atoms with Crippen LogP contribution in [0.5, 0.6) is 0 Å². The van der Waals surface area contributed by atoms with Gasteiger partial charge in [-0.25, -0.2) is 0 Å². The van der Waals surface area contributed by atoms with Gasteiger partial charge in [0.15, 0.2) is 0 Å². The normalized spacial score (nSPS) is 49.2. The number of carbonyl (C=O) groups excluding carboxylic acids is 1. The Kier molecular flexibility index (Phi) is 5.53. The van der Waals surface area contributed by atoms with E-state index < -0.39 is 6.10 Å². The Bertz CT molecular complexity index is 484. The summed E-state index contributed by atoms with van der Waals surface area (Å²) in [5.74, 6) is 1.29. The summed E-state index contributed by atoms with van der Waals surface area (Å²) in [7, 11) is 0. The van der Waals surface area contributed by atoms with Gasteiger partial charge in [0.05, 0.1) is 0 Å². The van der Waals surface area contributed by atoms with Crippen LogP contribution in [0, 0.1) is 29.1 Å². The van der Waals surface area contributed by atoms with E-state index in [0.29, 0.717) is 24.4 Å². The van der Waals surface area contributed by atoms with Gasteiger partial charge in [-0.15, -0.1) is 0 Å². The monoisotopic (exact) mass is 451 g/mol. The fourth-order valence-electron chi connectivity index (χ4n) is 5.76.